The van der Waals surface area contributed by atoms with Gasteiger partial charge in [0.1, 0.15) is 0 Å². The number of benzene rings is 1. The number of aromatic nitrogens is 1. The van der Waals surface area contributed by atoms with Crippen molar-refractivity contribution in [2.45, 2.75) is 37.0 Å². The van der Waals surface area contributed by atoms with Crippen molar-refractivity contribution in [2.24, 2.45) is 0 Å². The van der Waals surface area contributed by atoms with Crippen LogP contribution in [0.15, 0.2) is 36.7 Å². The molecule has 100 valence electrons. The lowest BCUT2D eigenvalue weighted by molar-refractivity contribution is 0.205. The number of fused-ring (bicyclic) bond motifs is 1. The van der Waals surface area contributed by atoms with Gasteiger partial charge in [0.2, 0.25) is 0 Å². The molecule has 2 nitrogen and oxygen atoms in total. The minimum Gasteiger partial charge on any atom is -0.388 e. The topological polar surface area (TPSA) is 33.1 Å². The minimum absolute atomic E-state index is 0.390. The zero-order valence-electron chi connectivity index (χ0n) is 11.0. The molecule has 19 heavy (non-hydrogen) atoms. The lowest BCUT2D eigenvalue weighted by atomic mass is 10.0. The van der Waals surface area contributed by atoms with E-state index in [1.807, 2.05) is 36.2 Å². The second-order valence-corrected chi connectivity index (χ2v) is 6.53. The van der Waals surface area contributed by atoms with Crippen molar-refractivity contribution in [3.63, 3.8) is 0 Å². The first-order chi connectivity index (χ1) is 9.34. The van der Waals surface area contributed by atoms with E-state index < -0.39 is 6.10 Å². The first-order valence-corrected chi connectivity index (χ1v) is 8.02. The van der Waals surface area contributed by atoms with Gasteiger partial charge in [-0.05, 0) is 29.9 Å². The highest BCUT2D eigenvalue weighted by molar-refractivity contribution is 7.99. The maximum absolute atomic E-state index is 10.4. The first-order valence-electron chi connectivity index (χ1n) is 6.97. The molecule has 1 aliphatic carbocycles. The molecule has 0 spiro atoms. The molecule has 3 rings (SSSR count). The molecule has 2 aromatic rings. The minimum atomic E-state index is -0.390. The molecular formula is C16H19NOS. The Balaban J connectivity index is 1.75. The van der Waals surface area contributed by atoms with Crippen LogP contribution in [-0.2, 0) is 0 Å². The van der Waals surface area contributed by atoms with Crippen molar-refractivity contribution in [1.82, 2.24) is 4.98 Å². The molecule has 1 unspecified atom stereocenters. The van der Waals surface area contributed by atoms with Crippen LogP contribution in [0.5, 0.6) is 0 Å². The Morgan fingerprint density at radius 2 is 2.11 bits per heavy atom. The van der Waals surface area contributed by atoms with Gasteiger partial charge in [-0.1, -0.05) is 31.0 Å². The third-order valence-electron chi connectivity index (χ3n) is 3.87. The second-order valence-electron chi connectivity index (χ2n) is 5.20. The Labute approximate surface area is 118 Å². The molecule has 0 saturated heterocycles. The summed E-state index contributed by atoms with van der Waals surface area (Å²) >= 11 is 1.93. The predicted octanol–water partition coefficient (Wildman–Crippen LogP) is 3.94. The Hall–Kier alpha value is -1.06. The smallest absolute Gasteiger partial charge is 0.0887 e. The van der Waals surface area contributed by atoms with E-state index in [0.29, 0.717) is 0 Å². The van der Waals surface area contributed by atoms with Crippen molar-refractivity contribution in [3.8, 4) is 0 Å². The van der Waals surface area contributed by atoms with Gasteiger partial charge >= 0.3 is 0 Å². The molecule has 0 radical (unpaired) electrons. The number of hydrogen-bond donors (Lipinski definition) is 1. The van der Waals surface area contributed by atoms with Crippen molar-refractivity contribution >= 4 is 22.5 Å². The van der Waals surface area contributed by atoms with Gasteiger partial charge in [-0.15, -0.1) is 0 Å². The Morgan fingerprint density at radius 1 is 1.26 bits per heavy atom. The average molecular weight is 273 g/mol. The fourth-order valence-electron chi connectivity index (χ4n) is 2.80. The lowest BCUT2D eigenvalue weighted by Gasteiger charge is -2.15. The molecule has 1 heterocycles. The number of pyridine rings is 1. The van der Waals surface area contributed by atoms with Gasteiger partial charge in [0.15, 0.2) is 0 Å². The number of rotatable bonds is 4. The van der Waals surface area contributed by atoms with Crippen LogP contribution in [0.2, 0.25) is 0 Å². The quantitative estimate of drug-likeness (QED) is 0.916. The largest absolute Gasteiger partial charge is 0.388 e. The van der Waals surface area contributed by atoms with E-state index in [4.69, 9.17) is 0 Å². The molecular weight excluding hydrogens is 254 g/mol. The van der Waals surface area contributed by atoms with Crippen LogP contribution in [-0.4, -0.2) is 21.1 Å². The average Bonchev–Trinajstić information content (AvgIpc) is 2.97. The van der Waals surface area contributed by atoms with Gasteiger partial charge in [0.25, 0.3) is 0 Å². The third kappa shape index (κ3) is 2.93. The zero-order valence-corrected chi connectivity index (χ0v) is 11.8. The van der Waals surface area contributed by atoms with Gasteiger partial charge in [-0.2, -0.15) is 11.8 Å². The molecule has 1 N–H and O–H groups in total. The summed E-state index contributed by atoms with van der Waals surface area (Å²) in [7, 11) is 0. The predicted molar refractivity (Wildman–Crippen MR) is 81.4 cm³/mol. The molecule has 1 aliphatic rings. The highest BCUT2D eigenvalue weighted by Crippen LogP contribution is 2.33. The van der Waals surface area contributed by atoms with Gasteiger partial charge in [0.05, 0.1) is 6.10 Å². The summed E-state index contributed by atoms with van der Waals surface area (Å²) in [4.78, 5) is 4.18. The normalized spacial score (nSPS) is 17.9. The van der Waals surface area contributed by atoms with E-state index in [1.165, 1.54) is 25.7 Å². The van der Waals surface area contributed by atoms with Crippen LogP contribution >= 0.6 is 11.8 Å². The summed E-state index contributed by atoms with van der Waals surface area (Å²) < 4.78 is 0. The number of aliphatic hydroxyl groups is 1. The maximum Gasteiger partial charge on any atom is 0.0887 e. The summed E-state index contributed by atoms with van der Waals surface area (Å²) in [6.07, 6.45) is 8.60. The molecule has 0 aliphatic heterocycles. The molecule has 1 atom stereocenters. The molecule has 0 amide bonds. The Kier molecular flexibility index (Phi) is 4.04. The monoisotopic (exact) mass is 273 g/mol. The molecule has 1 aromatic carbocycles. The summed E-state index contributed by atoms with van der Waals surface area (Å²) in [5.41, 5.74) is 1.01. The standard InChI is InChI=1S/C16H19NOS/c18-16(11-19-13-5-1-2-6-13)14-7-3-4-12-8-9-17-10-15(12)14/h3-4,7-10,13,16,18H,1-2,5-6,11H2. The van der Waals surface area contributed by atoms with E-state index in [-0.39, 0.29) is 0 Å². The highest BCUT2D eigenvalue weighted by atomic mass is 32.2. The Morgan fingerprint density at radius 3 is 2.95 bits per heavy atom. The summed E-state index contributed by atoms with van der Waals surface area (Å²) in [5, 5.41) is 13.4. The van der Waals surface area contributed by atoms with Crippen molar-refractivity contribution in [1.29, 1.82) is 0 Å². The van der Waals surface area contributed by atoms with Crippen LogP contribution in [0.25, 0.3) is 10.8 Å². The van der Waals surface area contributed by atoms with E-state index in [1.54, 1.807) is 6.20 Å². The van der Waals surface area contributed by atoms with Gasteiger partial charge in [-0.3, -0.25) is 4.98 Å². The van der Waals surface area contributed by atoms with E-state index in [0.717, 1.165) is 27.3 Å². The summed E-state index contributed by atoms with van der Waals surface area (Å²) in [6.45, 7) is 0. The second kappa shape index (κ2) is 5.93. The van der Waals surface area contributed by atoms with Gasteiger partial charge in [0, 0.05) is 28.8 Å². The van der Waals surface area contributed by atoms with E-state index in [2.05, 4.69) is 11.1 Å². The van der Waals surface area contributed by atoms with Gasteiger partial charge < -0.3 is 5.11 Å². The summed E-state index contributed by atoms with van der Waals surface area (Å²) in [5.74, 6) is 0.790. The number of aliphatic hydroxyl groups excluding tert-OH is 1. The zero-order chi connectivity index (χ0) is 13.1. The molecule has 1 saturated carbocycles. The van der Waals surface area contributed by atoms with Crippen LogP contribution in [0.1, 0.15) is 37.4 Å². The Bertz CT molecular complexity index is 546. The maximum atomic E-state index is 10.4. The lowest BCUT2D eigenvalue weighted by Crippen LogP contribution is -2.05. The van der Waals surface area contributed by atoms with Gasteiger partial charge in [-0.25, -0.2) is 0 Å². The number of nitrogens with zero attached hydrogens (tertiary/aromatic N) is 1. The van der Waals surface area contributed by atoms with Crippen molar-refractivity contribution < 1.29 is 5.11 Å². The van der Waals surface area contributed by atoms with Crippen LogP contribution < -0.4 is 0 Å². The SMILES string of the molecule is OC(CSC1CCCC1)c1cccc2ccncc12. The van der Waals surface area contributed by atoms with Crippen LogP contribution in [0.4, 0.5) is 0 Å². The van der Waals surface area contributed by atoms with E-state index in [9.17, 15) is 5.11 Å². The fraction of sp³-hybridized carbons (Fsp3) is 0.438. The number of hydrogen-bond acceptors (Lipinski definition) is 3. The first kappa shape index (κ1) is 12.9. The fourth-order valence-corrected chi connectivity index (χ4v) is 4.10. The molecule has 3 heteroatoms. The molecule has 0 bridgehead atoms. The summed E-state index contributed by atoms with van der Waals surface area (Å²) in [6, 6.07) is 8.10. The number of thioether (sulfide) groups is 1. The van der Waals surface area contributed by atoms with E-state index >= 15 is 0 Å². The van der Waals surface area contributed by atoms with Crippen molar-refractivity contribution in [3.05, 3.63) is 42.2 Å². The van der Waals surface area contributed by atoms with Crippen LogP contribution in [0, 0.1) is 0 Å². The molecule has 1 fully saturated rings. The van der Waals surface area contributed by atoms with Crippen molar-refractivity contribution in [2.75, 3.05) is 5.75 Å². The third-order valence-corrected chi connectivity index (χ3v) is 5.32. The van der Waals surface area contributed by atoms with Crippen LogP contribution in [0.3, 0.4) is 0 Å². The molecule has 1 aromatic heterocycles. The highest BCUT2D eigenvalue weighted by Gasteiger charge is 2.18.